The highest BCUT2D eigenvalue weighted by Crippen LogP contribution is 2.23. The predicted molar refractivity (Wildman–Crippen MR) is 107 cm³/mol. The average Bonchev–Trinajstić information content (AvgIpc) is 3.15. The monoisotopic (exact) mass is 413 g/mol. The van der Waals surface area contributed by atoms with Crippen molar-refractivity contribution >= 4 is 35.1 Å². The molecule has 3 aromatic rings. The van der Waals surface area contributed by atoms with Gasteiger partial charge in [-0.3, -0.25) is 19.0 Å². The van der Waals surface area contributed by atoms with Crippen molar-refractivity contribution in [3.8, 4) is 0 Å². The van der Waals surface area contributed by atoms with Gasteiger partial charge in [0.1, 0.15) is 0 Å². The number of methoxy groups -OCH3 is 1. The smallest absolute Gasteiger partial charge is 0.337 e. The molecule has 0 radical (unpaired) electrons. The second kappa shape index (κ2) is 8.08. The van der Waals surface area contributed by atoms with Crippen LogP contribution in [0.25, 0.3) is 5.78 Å². The van der Waals surface area contributed by atoms with E-state index in [2.05, 4.69) is 25.2 Å². The van der Waals surface area contributed by atoms with E-state index >= 15 is 0 Å². The quantitative estimate of drug-likeness (QED) is 0.484. The highest BCUT2D eigenvalue weighted by atomic mass is 32.2. The molecule has 2 aromatic heterocycles. The van der Waals surface area contributed by atoms with Gasteiger partial charge in [-0.1, -0.05) is 11.8 Å². The number of anilines is 1. The van der Waals surface area contributed by atoms with Crippen LogP contribution < -0.4 is 10.9 Å². The summed E-state index contributed by atoms with van der Waals surface area (Å²) in [5.74, 6) is -0.112. The van der Waals surface area contributed by atoms with Crippen LogP contribution in [0.1, 0.15) is 34.5 Å². The van der Waals surface area contributed by atoms with E-state index in [1.807, 2.05) is 4.40 Å². The molecule has 0 unspecified atom stereocenters. The molecule has 150 valence electrons. The van der Waals surface area contributed by atoms with Crippen LogP contribution in [0.5, 0.6) is 0 Å². The third-order valence-corrected chi connectivity index (χ3v) is 5.69. The largest absolute Gasteiger partial charge is 0.465 e. The molecule has 4 rings (SSSR count). The van der Waals surface area contributed by atoms with Crippen molar-refractivity contribution in [1.29, 1.82) is 0 Å². The summed E-state index contributed by atoms with van der Waals surface area (Å²) in [4.78, 5) is 38.8. The topological polar surface area (TPSA) is 118 Å². The van der Waals surface area contributed by atoms with E-state index in [0.29, 0.717) is 22.2 Å². The first-order valence-electron chi connectivity index (χ1n) is 9.17. The van der Waals surface area contributed by atoms with Crippen molar-refractivity contribution in [2.24, 2.45) is 0 Å². The van der Waals surface area contributed by atoms with Crippen LogP contribution in [0.2, 0.25) is 0 Å². The number of esters is 1. The molecular weight excluding hydrogens is 394 g/mol. The highest BCUT2D eigenvalue weighted by Gasteiger charge is 2.20. The van der Waals surface area contributed by atoms with Gasteiger partial charge in [-0.25, -0.2) is 4.79 Å². The Hall–Kier alpha value is -3.14. The lowest BCUT2D eigenvalue weighted by molar-refractivity contribution is -0.113. The summed E-state index contributed by atoms with van der Waals surface area (Å²) in [5.41, 5.74) is 2.59. The summed E-state index contributed by atoms with van der Waals surface area (Å²) >= 11 is 1.26. The summed E-state index contributed by atoms with van der Waals surface area (Å²) in [6, 6.07) is 6.46. The maximum Gasteiger partial charge on any atom is 0.337 e. The zero-order chi connectivity index (χ0) is 20.4. The molecule has 29 heavy (non-hydrogen) atoms. The molecule has 0 saturated carbocycles. The standard InChI is InChI=1S/C19H19N5O4S/c1-28-17(27)11-6-8-12(9-7-11)20-15(25)10-29-19-23-22-18-21-16(26)13-4-2-3-5-14(13)24(18)19/h6-9H,2-5,10H2,1H3,(H,20,25)(H,21,22,26). The summed E-state index contributed by atoms with van der Waals surface area (Å²) in [6.07, 6.45) is 3.53. The minimum absolute atomic E-state index is 0.107. The van der Waals surface area contributed by atoms with Crippen LogP contribution in [0, 0.1) is 0 Å². The van der Waals surface area contributed by atoms with Gasteiger partial charge in [0.2, 0.25) is 11.7 Å². The summed E-state index contributed by atoms with van der Waals surface area (Å²) in [7, 11) is 1.32. The van der Waals surface area contributed by atoms with E-state index < -0.39 is 5.97 Å². The Morgan fingerprint density at radius 3 is 2.72 bits per heavy atom. The van der Waals surface area contributed by atoms with Crippen LogP contribution >= 0.6 is 11.8 Å². The van der Waals surface area contributed by atoms with Crippen molar-refractivity contribution in [1.82, 2.24) is 19.6 Å². The molecule has 0 atom stereocenters. The minimum Gasteiger partial charge on any atom is -0.465 e. The maximum absolute atomic E-state index is 12.3. The molecule has 2 heterocycles. The number of aromatic amines is 1. The van der Waals surface area contributed by atoms with Crippen LogP contribution in [0.15, 0.2) is 34.2 Å². The van der Waals surface area contributed by atoms with Crippen molar-refractivity contribution in [2.75, 3.05) is 18.2 Å². The van der Waals surface area contributed by atoms with Gasteiger partial charge in [-0.05, 0) is 49.9 Å². The van der Waals surface area contributed by atoms with Crippen LogP contribution in [0.3, 0.4) is 0 Å². The van der Waals surface area contributed by atoms with Gasteiger partial charge in [0.25, 0.3) is 5.56 Å². The number of carbonyl (C=O) groups is 2. The lowest BCUT2D eigenvalue weighted by atomic mass is 9.97. The summed E-state index contributed by atoms with van der Waals surface area (Å²) < 4.78 is 6.50. The fourth-order valence-electron chi connectivity index (χ4n) is 3.38. The van der Waals surface area contributed by atoms with Gasteiger partial charge in [0.15, 0.2) is 5.16 Å². The van der Waals surface area contributed by atoms with E-state index in [0.717, 1.165) is 36.9 Å². The Kier molecular flexibility index (Phi) is 5.34. The van der Waals surface area contributed by atoms with E-state index in [1.165, 1.54) is 18.9 Å². The van der Waals surface area contributed by atoms with Gasteiger partial charge in [0, 0.05) is 16.9 Å². The number of amides is 1. The molecule has 10 heteroatoms. The highest BCUT2D eigenvalue weighted by molar-refractivity contribution is 7.99. The first-order chi connectivity index (χ1) is 14.1. The third-order valence-electron chi connectivity index (χ3n) is 4.76. The lowest BCUT2D eigenvalue weighted by Crippen LogP contribution is -2.23. The number of ether oxygens (including phenoxy) is 1. The molecule has 0 spiro atoms. The average molecular weight is 413 g/mol. The van der Waals surface area contributed by atoms with Crippen molar-refractivity contribution in [2.45, 2.75) is 30.8 Å². The number of carbonyl (C=O) groups excluding carboxylic acids is 2. The number of nitrogens with zero attached hydrogens (tertiary/aromatic N) is 3. The normalized spacial score (nSPS) is 13.1. The number of thioether (sulfide) groups is 1. The number of H-pyrrole nitrogens is 1. The Labute approximate surface area is 169 Å². The number of hydrogen-bond donors (Lipinski definition) is 2. The Morgan fingerprint density at radius 1 is 1.21 bits per heavy atom. The van der Waals surface area contributed by atoms with Crippen molar-refractivity contribution in [3.05, 3.63) is 51.4 Å². The fraction of sp³-hybridized carbons (Fsp3) is 0.316. The predicted octanol–water partition coefficient (Wildman–Crippen LogP) is 1.81. The number of rotatable bonds is 5. The van der Waals surface area contributed by atoms with Crippen LogP contribution in [0.4, 0.5) is 5.69 Å². The molecule has 1 aliphatic carbocycles. The number of hydrogen-bond acceptors (Lipinski definition) is 7. The van der Waals surface area contributed by atoms with E-state index in [1.54, 1.807) is 24.3 Å². The van der Waals surface area contributed by atoms with Gasteiger partial charge in [-0.2, -0.15) is 0 Å². The van der Waals surface area contributed by atoms with E-state index in [4.69, 9.17) is 0 Å². The Morgan fingerprint density at radius 2 is 1.97 bits per heavy atom. The maximum atomic E-state index is 12.3. The third kappa shape index (κ3) is 3.88. The fourth-order valence-corrected chi connectivity index (χ4v) is 4.14. The summed E-state index contributed by atoms with van der Waals surface area (Å²) in [5, 5.41) is 11.5. The first kappa shape index (κ1) is 19.2. The number of fused-ring (bicyclic) bond motifs is 3. The molecule has 0 bridgehead atoms. The van der Waals surface area contributed by atoms with Gasteiger partial charge in [0.05, 0.1) is 18.4 Å². The van der Waals surface area contributed by atoms with Crippen molar-refractivity contribution in [3.63, 3.8) is 0 Å². The molecule has 0 aliphatic heterocycles. The van der Waals surface area contributed by atoms with Gasteiger partial charge >= 0.3 is 5.97 Å². The molecule has 0 fully saturated rings. The Balaban J connectivity index is 1.46. The number of aryl methyl sites for hydroxylation is 1. The second-order valence-corrected chi connectivity index (χ2v) is 7.58. The molecule has 9 nitrogen and oxygen atoms in total. The molecule has 1 amide bonds. The Bertz CT molecular complexity index is 1140. The number of nitrogens with one attached hydrogen (secondary N) is 2. The van der Waals surface area contributed by atoms with Gasteiger partial charge < -0.3 is 10.1 Å². The van der Waals surface area contributed by atoms with Crippen LogP contribution in [-0.4, -0.2) is 44.3 Å². The number of benzene rings is 1. The molecule has 2 N–H and O–H groups in total. The lowest BCUT2D eigenvalue weighted by Gasteiger charge is -2.16. The first-order valence-corrected chi connectivity index (χ1v) is 10.2. The molecule has 1 aliphatic rings. The summed E-state index contributed by atoms with van der Waals surface area (Å²) in [6.45, 7) is 0. The van der Waals surface area contributed by atoms with E-state index in [-0.39, 0.29) is 17.2 Å². The molecule has 1 aromatic carbocycles. The SMILES string of the molecule is COC(=O)c1ccc(NC(=O)CSc2nnc3[nH]c(=O)c4c(n23)CCCC4)cc1. The molecule has 0 saturated heterocycles. The second-order valence-electron chi connectivity index (χ2n) is 6.63. The number of aromatic nitrogens is 4. The zero-order valence-corrected chi connectivity index (χ0v) is 16.5. The minimum atomic E-state index is -0.432. The van der Waals surface area contributed by atoms with E-state index in [9.17, 15) is 14.4 Å². The molecular formula is C19H19N5O4S. The van der Waals surface area contributed by atoms with Gasteiger partial charge in [-0.15, -0.1) is 10.2 Å². The van der Waals surface area contributed by atoms with Crippen LogP contribution in [-0.2, 0) is 22.4 Å². The van der Waals surface area contributed by atoms with Crippen molar-refractivity contribution < 1.29 is 14.3 Å². The zero-order valence-electron chi connectivity index (χ0n) is 15.7.